The number of nitrogens with one attached hydrogen (secondary N) is 1. The lowest BCUT2D eigenvalue weighted by Crippen LogP contribution is -2.44. The van der Waals surface area contributed by atoms with Gasteiger partial charge in [0.15, 0.2) is 0 Å². The largest absolute Gasteiger partial charge is 0.417 e. The van der Waals surface area contributed by atoms with Crippen LogP contribution in [0.1, 0.15) is 40.7 Å². The highest BCUT2D eigenvalue weighted by atomic mass is 19.4. The van der Waals surface area contributed by atoms with E-state index in [2.05, 4.69) is 5.32 Å². The summed E-state index contributed by atoms with van der Waals surface area (Å²) in [6.07, 6.45) is -4.74. The van der Waals surface area contributed by atoms with Gasteiger partial charge in [-0.3, -0.25) is 14.6 Å². The summed E-state index contributed by atoms with van der Waals surface area (Å²) in [5.74, 6) is -1.52. The van der Waals surface area contributed by atoms with E-state index >= 15 is 0 Å². The summed E-state index contributed by atoms with van der Waals surface area (Å²) in [5, 5.41) is 21.6. The van der Waals surface area contributed by atoms with Gasteiger partial charge >= 0.3 is 12.2 Å². The first kappa shape index (κ1) is 23.5. The van der Waals surface area contributed by atoms with Gasteiger partial charge in [-0.1, -0.05) is 0 Å². The van der Waals surface area contributed by atoms with Crippen molar-refractivity contribution in [1.29, 1.82) is 5.26 Å². The molecule has 7 nitrogen and oxygen atoms in total. The molecule has 1 aliphatic carbocycles. The lowest BCUT2D eigenvalue weighted by atomic mass is 9.87. The van der Waals surface area contributed by atoms with Gasteiger partial charge in [-0.05, 0) is 55.7 Å². The van der Waals surface area contributed by atoms with E-state index < -0.39 is 53.2 Å². The van der Waals surface area contributed by atoms with Gasteiger partial charge < -0.3 is 10.4 Å². The maximum absolute atomic E-state index is 14.6. The molecule has 3 unspecified atom stereocenters. The lowest BCUT2D eigenvalue weighted by Gasteiger charge is -2.34. The summed E-state index contributed by atoms with van der Waals surface area (Å²) < 4.78 is 55.2. The Balaban J connectivity index is 1.79. The number of anilines is 2. The van der Waals surface area contributed by atoms with Crippen molar-refractivity contribution in [2.24, 2.45) is 0 Å². The molecule has 2 aromatic rings. The minimum absolute atomic E-state index is 0.0485. The Bertz CT molecular complexity index is 1190. The van der Waals surface area contributed by atoms with Crippen molar-refractivity contribution in [3.63, 3.8) is 0 Å². The number of carbonyl (C=O) groups is 2. The highest BCUT2D eigenvalue weighted by molar-refractivity contribution is 6.08. The third-order valence-corrected chi connectivity index (χ3v) is 6.24. The Labute approximate surface area is 192 Å². The van der Waals surface area contributed by atoms with Crippen LogP contribution in [0.25, 0.3) is 0 Å². The quantitative estimate of drug-likeness (QED) is 0.659. The molecule has 0 spiro atoms. The van der Waals surface area contributed by atoms with Crippen molar-refractivity contribution < 1.29 is 32.3 Å². The molecule has 1 saturated heterocycles. The van der Waals surface area contributed by atoms with E-state index in [-0.39, 0.29) is 23.4 Å². The van der Waals surface area contributed by atoms with Crippen molar-refractivity contribution in [3.05, 3.63) is 58.9 Å². The number of alkyl halides is 3. The van der Waals surface area contributed by atoms with Gasteiger partial charge in [0.05, 0.1) is 40.9 Å². The first-order valence-electron chi connectivity index (χ1n) is 10.5. The number of amides is 3. The fourth-order valence-electron chi connectivity index (χ4n) is 4.68. The molecule has 1 saturated carbocycles. The molecule has 0 aromatic heterocycles. The fraction of sp³-hybridized carbons (Fsp3) is 0.348. The number of hydrogen-bond donors (Lipinski definition) is 2. The highest BCUT2D eigenvalue weighted by Crippen LogP contribution is 2.42. The number of aliphatic hydroxyl groups is 1. The SMILES string of the molecule is CNC(=O)c1ccc(N2C(=O)N(c3ccc(C#N)c(C(F)(F)F)c3)C3CCC(O)CC32)cc1F. The van der Waals surface area contributed by atoms with Crippen LogP contribution in [0.15, 0.2) is 36.4 Å². The fourth-order valence-corrected chi connectivity index (χ4v) is 4.68. The van der Waals surface area contributed by atoms with Crippen LogP contribution >= 0.6 is 0 Å². The van der Waals surface area contributed by atoms with Gasteiger partial charge in [0.25, 0.3) is 5.91 Å². The average molecular weight is 476 g/mol. The van der Waals surface area contributed by atoms with E-state index in [1.165, 1.54) is 41.1 Å². The first-order valence-corrected chi connectivity index (χ1v) is 10.5. The zero-order valence-corrected chi connectivity index (χ0v) is 17.9. The molecule has 2 aromatic carbocycles. The predicted molar refractivity (Wildman–Crippen MR) is 114 cm³/mol. The molecular weight excluding hydrogens is 456 g/mol. The standard InChI is InChI=1S/C23H20F4N4O3/c1-29-21(33)16-6-4-14(9-18(16)24)31-20-10-15(32)5-7-19(20)30(22(31)34)13-3-2-12(11-28)17(8-13)23(25,26)27/h2-4,6,8-9,15,19-20,32H,5,7,10H2,1H3,(H,29,33). The van der Waals surface area contributed by atoms with E-state index in [1.807, 2.05) is 0 Å². The molecule has 2 aliphatic rings. The molecule has 3 amide bonds. The molecule has 178 valence electrons. The van der Waals surface area contributed by atoms with Crippen molar-refractivity contribution in [3.8, 4) is 6.07 Å². The topological polar surface area (TPSA) is 96.7 Å². The number of rotatable bonds is 3. The average Bonchev–Trinajstić information content (AvgIpc) is 3.08. The normalized spacial score (nSPS) is 22.4. The Morgan fingerprint density at radius 2 is 1.76 bits per heavy atom. The maximum Gasteiger partial charge on any atom is 0.417 e. The number of carbonyl (C=O) groups excluding carboxylic acids is 2. The zero-order chi connectivity index (χ0) is 24.8. The first-order chi connectivity index (χ1) is 16.1. The summed E-state index contributed by atoms with van der Waals surface area (Å²) in [5.41, 5.74) is -1.88. The molecular formula is C23H20F4N4O3. The van der Waals surface area contributed by atoms with Crippen LogP contribution in [0.5, 0.6) is 0 Å². The number of nitrogens with zero attached hydrogens (tertiary/aromatic N) is 3. The molecule has 0 radical (unpaired) electrons. The number of nitriles is 1. The zero-order valence-electron chi connectivity index (χ0n) is 17.9. The van der Waals surface area contributed by atoms with E-state index in [0.717, 1.165) is 18.2 Å². The van der Waals surface area contributed by atoms with Crippen molar-refractivity contribution in [2.45, 2.75) is 43.6 Å². The van der Waals surface area contributed by atoms with Crippen LogP contribution in [0.3, 0.4) is 0 Å². The maximum atomic E-state index is 14.6. The van der Waals surface area contributed by atoms with Gasteiger partial charge in [0, 0.05) is 18.4 Å². The minimum atomic E-state index is -4.80. The number of urea groups is 1. The highest BCUT2D eigenvalue weighted by Gasteiger charge is 2.50. The summed E-state index contributed by atoms with van der Waals surface area (Å²) in [7, 11) is 1.35. The smallest absolute Gasteiger partial charge is 0.393 e. The van der Waals surface area contributed by atoms with Gasteiger partial charge in [0.1, 0.15) is 5.82 Å². The van der Waals surface area contributed by atoms with Gasteiger partial charge in [0.2, 0.25) is 0 Å². The number of benzene rings is 2. The van der Waals surface area contributed by atoms with Gasteiger partial charge in [-0.15, -0.1) is 0 Å². The minimum Gasteiger partial charge on any atom is -0.393 e. The lowest BCUT2D eigenvalue weighted by molar-refractivity contribution is -0.137. The second-order valence-electron chi connectivity index (χ2n) is 8.21. The molecule has 3 atom stereocenters. The Hall–Kier alpha value is -3.65. The second-order valence-corrected chi connectivity index (χ2v) is 8.21. The number of halogens is 4. The van der Waals surface area contributed by atoms with E-state index in [4.69, 9.17) is 5.26 Å². The van der Waals surface area contributed by atoms with E-state index in [9.17, 15) is 32.3 Å². The van der Waals surface area contributed by atoms with Crippen molar-refractivity contribution in [2.75, 3.05) is 16.8 Å². The predicted octanol–water partition coefficient (Wildman–Crippen LogP) is 3.80. The van der Waals surface area contributed by atoms with Crippen LogP contribution in [-0.4, -0.2) is 42.3 Å². The Kier molecular flexibility index (Phi) is 5.95. The molecule has 1 aliphatic heterocycles. The van der Waals surface area contributed by atoms with Gasteiger partial charge in [-0.25, -0.2) is 9.18 Å². The van der Waals surface area contributed by atoms with Crippen LogP contribution in [0, 0.1) is 17.1 Å². The molecule has 1 heterocycles. The molecule has 2 N–H and O–H groups in total. The monoisotopic (exact) mass is 476 g/mol. The summed E-state index contributed by atoms with van der Waals surface area (Å²) in [6.45, 7) is 0. The Morgan fingerprint density at radius 3 is 2.38 bits per heavy atom. The Morgan fingerprint density at radius 1 is 1.12 bits per heavy atom. The van der Waals surface area contributed by atoms with E-state index in [0.29, 0.717) is 12.8 Å². The van der Waals surface area contributed by atoms with Gasteiger partial charge in [-0.2, -0.15) is 18.4 Å². The van der Waals surface area contributed by atoms with Crippen molar-refractivity contribution >= 4 is 23.3 Å². The molecule has 2 fully saturated rings. The molecule has 4 rings (SSSR count). The third-order valence-electron chi connectivity index (χ3n) is 6.24. The van der Waals surface area contributed by atoms with Crippen LogP contribution in [-0.2, 0) is 6.18 Å². The summed E-state index contributed by atoms with van der Waals surface area (Å²) in [4.78, 5) is 27.8. The molecule has 34 heavy (non-hydrogen) atoms. The number of fused-ring (bicyclic) bond motifs is 1. The van der Waals surface area contributed by atoms with E-state index in [1.54, 1.807) is 0 Å². The number of hydrogen-bond acceptors (Lipinski definition) is 4. The van der Waals surface area contributed by atoms with Crippen LogP contribution < -0.4 is 15.1 Å². The number of aliphatic hydroxyl groups excluding tert-OH is 1. The van der Waals surface area contributed by atoms with Crippen LogP contribution in [0.4, 0.5) is 33.7 Å². The molecule has 0 bridgehead atoms. The molecule has 11 heteroatoms. The second kappa shape index (κ2) is 8.61. The summed E-state index contributed by atoms with van der Waals surface area (Å²) >= 11 is 0. The van der Waals surface area contributed by atoms with Crippen molar-refractivity contribution in [1.82, 2.24) is 5.32 Å². The third kappa shape index (κ3) is 3.94. The van der Waals surface area contributed by atoms with Crippen LogP contribution in [0.2, 0.25) is 0 Å². The summed E-state index contributed by atoms with van der Waals surface area (Å²) in [6, 6.07) is 6.28.